The Bertz CT molecular complexity index is 767. The summed E-state index contributed by atoms with van der Waals surface area (Å²) >= 11 is 3.34. The zero-order chi connectivity index (χ0) is 14.7. The van der Waals surface area contributed by atoms with Crippen LogP contribution in [0.25, 0.3) is 10.2 Å². The van der Waals surface area contributed by atoms with Crippen LogP contribution < -0.4 is 5.73 Å². The lowest BCUT2D eigenvalue weighted by Crippen LogP contribution is -2.15. The van der Waals surface area contributed by atoms with E-state index >= 15 is 0 Å². The van der Waals surface area contributed by atoms with E-state index in [2.05, 4.69) is 21.2 Å². The van der Waals surface area contributed by atoms with Gasteiger partial charge in [-0.25, -0.2) is 4.98 Å². The number of nitrogens with two attached hydrogens (primary N) is 1. The minimum atomic E-state index is 0.0156. The van der Waals surface area contributed by atoms with E-state index in [1.807, 2.05) is 30.3 Å². The third kappa shape index (κ3) is 3.14. The van der Waals surface area contributed by atoms with Gasteiger partial charge in [0.05, 0.1) is 10.2 Å². The number of hydrogen-bond acceptors (Lipinski definition) is 6. The van der Waals surface area contributed by atoms with Crippen molar-refractivity contribution < 1.29 is 5.21 Å². The average Bonchev–Trinajstić information content (AvgIpc) is 2.95. The number of benzene rings is 1. The number of aromatic nitrogens is 2. The number of hydrogen-bond donors (Lipinski definition) is 2. The summed E-state index contributed by atoms with van der Waals surface area (Å²) in [7, 11) is 0. The molecular weight excluding hydrogens is 304 g/mol. The molecule has 5 nitrogen and oxygen atoms in total. The highest BCUT2D eigenvalue weighted by molar-refractivity contribution is 8.00. The Morgan fingerprint density at radius 1 is 1.33 bits per heavy atom. The van der Waals surface area contributed by atoms with Gasteiger partial charge in [-0.05, 0) is 29.8 Å². The fraction of sp³-hybridized carbons (Fsp3) is 0.0714. The van der Waals surface area contributed by atoms with Gasteiger partial charge in [0.25, 0.3) is 0 Å². The van der Waals surface area contributed by atoms with E-state index < -0.39 is 0 Å². The zero-order valence-corrected chi connectivity index (χ0v) is 12.6. The summed E-state index contributed by atoms with van der Waals surface area (Å²) in [5.41, 5.74) is 8.09. The maximum Gasteiger partial charge on any atom is 0.188 e. The van der Waals surface area contributed by atoms with E-state index in [4.69, 9.17) is 10.9 Å². The van der Waals surface area contributed by atoms with Gasteiger partial charge in [-0.1, -0.05) is 29.1 Å². The maximum absolute atomic E-state index is 8.68. The van der Waals surface area contributed by atoms with E-state index in [0.717, 1.165) is 21.2 Å². The molecule has 0 bridgehead atoms. The van der Waals surface area contributed by atoms with Crippen LogP contribution in [0.15, 0.2) is 52.1 Å². The molecule has 21 heavy (non-hydrogen) atoms. The third-order valence-corrected chi connectivity index (χ3v) is 5.08. The molecular formula is C14H12N4OS2. The van der Waals surface area contributed by atoms with E-state index in [-0.39, 0.29) is 5.84 Å². The number of nitrogens with zero attached hydrogens (tertiary/aromatic N) is 3. The maximum atomic E-state index is 8.68. The number of rotatable bonds is 4. The smallest absolute Gasteiger partial charge is 0.188 e. The number of thiazole rings is 1. The lowest BCUT2D eigenvalue weighted by molar-refractivity contribution is 0.318. The molecule has 106 valence electrons. The summed E-state index contributed by atoms with van der Waals surface area (Å²) in [6, 6.07) is 11.8. The van der Waals surface area contributed by atoms with Gasteiger partial charge >= 0.3 is 0 Å². The molecule has 0 aliphatic carbocycles. The first kappa shape index (κ1) is 13.8. The average molecular weight is 316 g/mol. The summed E-state index contributed by atoms with van der Waals surface area (Å²) in [6.07, 6.45) is 1.65. The lowest BCUT2D eigenvalue weighted by atomic mass is 10.2. The Morgan fingerprint density at radius 3 is 3.00 bits per heavy atom. The Hall–Kier alpha value is -2.12. The van der Waals surface area contributed by atoms with Crippen LogP contribution in [0.1, 0.15) is 11.3 Å². The van der Waals surface area contributed by atoms with Gasteiger partial charge in [-0.2, -0.15) is 0 Å². The van der Waals surface area contributed by atoms with E-state index in [1.54, 1.807) is 29.3 Å². The Kier molecular flexibility index (Phi) is 4.03. The summed E-state index contributed by atoms with van der Waals surface area (Å²) in [5.74, 6) is 0.774. The van der Waals surface area contributed by atoms with Crippen LogP contribution in [0.3, 0.4) is 0 Å². The number of para-hydroxylation sites is 1. The first-order chi connectivity index (χ1) is 10.3. The molecule has 0 fully saturated rings. The summed E-state index contributed by atoms with van der Waals surface area (Å²) in [5, 5.41) is 11.6. The quantitative estimate of drug-likeness (QED) is 0.254. The SMILES string of the molecule is NC(=NO)c1cc(CSc2nc3ccccc3s2)ccn1. The van der Waals surface area contributed by atoms with E-state index in [1.165, 1.54) is 4.70 Å². The Labute approximate surface area is 129 Å². The monoisotopic (exact) mass is 316 g/mol. The molecule has 3 N–H and O–H groups in total. The first-order valence-corrected chi connectivity index (χ1v) is 7.97. The van der Waals surface area contributed by atoms with Gasteiger partial charge < -0.3 is 10.9 Å². The molecule has 0 atom stereocenters. The van der Waals surface area contributed by atoms with Crippen LogP contribution in [-0.4, -0.2) is 21.0 Å². The highest BCUT2D eigenvalue weighted by Gasteiger charge is 2.06. The molecule has 0 amide bonds. The van der Waals surface area contributed by atoms with Crippen LogP contribution in [0.5, 0.6) is 0 Å². The predicted molar refractivity (Wildman–Crippen MR) is 85.9 cm³/mol. The van der Waals surface area contributed by atoms with Crippen molar-refractivity contribution in [2.45, 2.75) is 10.1 Å². The zero-order valence-electron chi connectivity index (χ0n) is 10.9. The van der Waals surface area contributed by atoms with Crippen LogP contribution in [-0.2, 0) is 5.75 Å². The normalized spacial score (nSPS) is 11.9. The molecule has 1 aromatic carbocycles. The number of fused-ring (bicyclic) bond motifs is 1. The molecule has 2 aromatic heterocycles. The van der Waals surface area contributed by atoms with Crippen molar-refractivity contribution in [1.82, 2.24) is 9.97 Å². The summed E-state index contributed by atoms with van der Waals surface area (Å²) < 4.78 is 2.21. The standard InChI is InChI=1S/C14H12N4OS2/c15-13(18-19)11-7-9(5-6-16-11)8-20-14-17-10-3-1-2-4-12(10)21-14/h1-7,19H,8H2,(H2,15,18). The third-order valence-electron chi connectivity index (χ3n) is 2.83. The number of pyridine rings is 1. The molecule has 3 aromatic rings. The first-order valence-electron chi connectivity index (χ1n) is 6.17. The number of thioether (sulfide) groups is 1. The lowest BCUT2D eigenvalue weighted by Gasteiger charge is -2.02. The van der Waals surface area contributed by atoms with Crippen molar-refractivity contribution >= 4 is 39.2 Å². The Morgan fingerprint density at radius 2 is 2.19 bits per heavy atom. The van der Waals surface area contributed by atoms with Crippen molar-refractivity contribution in [1.29, 1.82) is 0 Å². The van der Waals surface area contributed by atoms with Gasteiger partial charge in [0, 0.05) is 11.9 Å². The number of amidine groups is 1. The fourth-order valence-corrected chi connectivity index (χ4v) is 3.82. The van der Waals surface area contributed by atoms with Crippen molar-refractivity contribution in [3.8, 4) is 0 Å². The van der Waals surface area contributed by atoms with E-state index in [0.29, 0.717) is 5.69 Å². The van der Waals surface area contributed by atoms with Crippen molar-refractivity contribution in [3.63, 3.8) is 0 Å². The molecule has 0 aliphatic heterocycles. The molecule has 2 heterocycles. The van der Waals surface area contributed by atoms with Crippen LogP contribution >= 0.6 is 23.1 Å². The van der Waals surface area contributed by atoms with Gasteiger partial charge in [-0.3, -0.25) is 4.98 Å². The topological polar surface area (TPSA) is 84.4 Å². The minimum Gasteiger partial charge on any atom is -0.409 e. The van der Waals surface area contributed by atoms with Gasteiger partial charge in [-0.15, -0.1) is 11.3 Å². The summed E-state index contributed by atoms with van der Waals surface area (Å²) in [6.45, 7) is 0. The van der Waals surface area contributed by atoms with Crippen LogP contribution in [0.2, 0.25) is 0 Å². The molecule has 0 radical (unpaired) electrons. The second kappa shape index (κ2) is 6.11. The van der Waals surface area contributed by atoms with Gasteiger partial charge in [0.2, 0.25) is 0 Å². The highest BCUT2D eigenvalue weighted by Crippen LogP contribution is 2.31. The second-order valence-electron chi connectivity index (χ2n) is 4.27. The van der Waals surface area contributed by atoms with Crippen molar-refractivity contribution in [2.75, 3.05) is 0 Å². The molecule has 0 saturated carbocycles. The highest BCUT2D eigenvalue weighted by atomic mass is 32.2. The van der Waals surface area contributed by atoms with E-state index in [9.17, 15) is 0 Å². The molecule has 0 unspecified atom stereocenters. The largest absolute Gasteiger partial charge is 0.409 e. The molecule has 7 heteroatoms. The van der Waals surface area contributed by atoms with Crippen molar-refractivity contribution in [3.05, 3.63) is 53.9 Å². The van der Waals surface area contributed by atoms with Gasteiger partial charge in [0.15, 0.2) is 10.2 Å². The molecule has 0 aliphatic rings. The van der Waals surface area contributed by atoms with Crippen molar-refractivity contribution in [2.24, 2.45) is 10.9 Å². The van der Waals surface area contributed by atoms with Gasteiger partial charge in [0.1, 0.15) is 5.69 Å². The molecule has 0 spiro atoms. The van der Waals surface area contributed by atoms with Crippen LogP contribution in [0, 0.1) is 0 Å². The molecule has 3 rings (SSSR count). The number of oxime groups is 1. The van der Waals surface area contributed by atoms with Crippen LogP contribution in [0.4, 0.5) is 0 Å². The Balaban J connectivity index is 1.75. The predicted octanol–water partition coefficient (Wildman–Crippen LogP) is 3.08. The fourth-order valence-electron chi connectivity index (χ4n) is 1.81. The summed E-state index contributed by atoms with van der Waals surface area (Å²) in [4.78, 5) is 8.64. The second-order valence-corrected chi connectivity index (χ2v) is 6.52. The minimum absolute atomic E-state index is 0.0156. The molecule has 0 saturated heterocycles.